The van der Waals surface area contributed by atoms with Crippen LogP contribution in [-0.4, -0.2) is 65.7 Å². The standard InChI is InChI=1S/C27H34N4O5/c1-17-14-23(29-26(34)36-27(3,4)5)21-15-19(7-9-24(21)31(17)18(2)32)22-8-6-20(16-28-22)25(33)30-10-12-35-13-11-30/h6-9,15-17,23H,10-14H2,1-5H3,(H,29,34). The van der Waals surface area contributed by atoms with Gasteiger partial charge in [0.2, 0.25) is 5.91 Å². The van der Waals surface area contributed by atoms with Crippen LogP contribution < -0.4 is 10.2 Å². The fourth-order valence-corrected chi connectivity index (χ4v) is 4.73. The van der Waals surface area contributed by atoms with E-state index in [9.17, 15) is 14.4 Å². The normalized spacial score (nSPS) is 19.9. The van der Waals surface area contributed by atoms with Crippen molar-refractivity contribution in [1.82, 2.24) is 15.2 Å². The maximum atomic E-state index is 12.8. The van der Waals surface area contributed by atoms with E-state index < -0.39 is 11.7 Å². The lowest BCUT2D eigenvalue weighted by Gasteiger charge is -2.39. The van der Waals surface area contributed by atoms with Gasteiger partial charge in [-0.2, -0.15) is 0 Å². The zero-order valence-corrected chi connectivity index (χ0v) is 21.5. The van der Waals surface area contributed by atoms with Gasteiger partial charge in [0.05, 0.1) is 30.5 Å². The SMILES string of the molecule is CC(=O)N1c2ccc(-c3ccc(C(=O)N4CCOCC4)cn3)cc2C(NC(=O)OC(C)(C)C)CC1C. The molecule has 2 atom stereocenters. The number of pyridine rings is 1. The van der Waals surface area contributed by atoms with Gasteiger partial charge in [-0.1, -0.05) is 6.07 Å². The number of carbonyl (C=O) groups excluding carboxylic acids is 3. The van der Waals surface area contributed by atoms with Gasteiger partial charge in [-0.05, 0) is 63.9 Å². The molecule has 0 radical (unpaired) electrons. The number of rotatable bonds is 3. The largest absolute Gasteiger partial charge is 0.444 e. The molecular weight excluding hydrogens is 460 g/mol. The number of carbonyl (C=O) groups is 3. The molecule has 0 saturated carbocycles. The Hall–Kier alpha value is -3.46. The van der Waals surface area contributed by atoms with Crippen molar-refractivity contribution in [3.05, 3.63) is 47.7 Å². The highest BCUT2D eigenvalue weighted by atomic mass is 16.6. The van der Waals surface area contributed by atoms with Crippen molar-refractivity contribution in [3.8, 4) is 11.3 Å². The first-order valence-electron chi connectivity index (χ1n) is 12.3. The molecule has 1 fully saturated rings. The monoisotopic (exact) mass is 494 g/mol. The fourth-order valence-electron chi connectivity index (χ4n) is 4.73. The van der Waals surface area contributed by atoms with E-state index in [0.717, 1.165) is 16.8 Å². The second-order valence-corrected chi connectivity index (χ2v) is 10.3. The topological polar surface area (TPSA) is 101 Å². The van der Waals surface area contributed by atoms with E-state index in [1.54, 1.807) is 29.0 Å². The third-order valence-electron chi connectivity index (χ3n) is 6.31. The van der Waals surface area contributed by atoms with E-state index in [1.807, 2.05) is 52.0 Å². The van der Waals surface area contributed by atoms with Crippen LogP contribution in [0.1, 0.15) is 63.0 Å². The van der Waals surface area contributed by atoms with Crippen LogP contribution >= 0.6 is 0 Å². The minimum absolute atomic E-state index is 0.0590. The first-order chi connectivity index (χ1) is 17.0. The summed E-state index contributed by atoms with van der Waals surface area (Å²) >= 11 is 0. The first kappa shape index (κ1) is 25.6. The lowest BCUT2D eigenvalue weighted by molar-refractivity contribution is -0.117. The molecule has 1 aromatic carbocycles. The molecule has 0 spiro atoms. The van der Waals surface area contributed by atoms with Crippen LogP contribution in [0.15, 0.2) is 36.5 Å². The summed E-state index contributed by atoms with van der Waals surface area (Å²) in [6.45, 7) is 11.2. The van der Waals surface area contributed by atoms with E-state index in [0.29, 0.717) is 44.0 Å². The highest BCUT2D eigenvalue weighted by molar-refractivity contribution is 5.95. The summed E-state index contributed by atoms with van der Waals surface area (Å²) in [7, 11) is 0. The Kier molecular flexibility index (Phi) is 7.31. The van der Waals surface area contributed by atoms with Gasteiger partial charge >= 0.3 is 6.09 Å². The Morgan fingerprint density at radius 3 is 2.44 bits per heavy atom. The summed E-state index contributed by atoms with van der Waals surface area (Å²) in [4.78, 5) is 45.8. The lowest BCUT2D eigenvalue weighted by Crippen LogP contribution is -2.46. The molecule has 3 heterocycles. The molecule has 2 aliphatic rings. The van der Waals surface area contributed by atoms with Gasteiger partial charge in [0.15, 0.2) is 0 Å². The molecule has 2 aromatic rings. The second-order valence-electron chi connectivity index (χ2n) is 10.3. The maximum Gasteiger partial charge on any atom is 0.408 e. The van der Waals surface area contributed by atoms with Gasteiger partial charge in [0.25, 0.3) is 5.91 Å². The zero-order chi connectivity index (χ0) is 26.0. The third-order valence-corrected chi connectivity index (χ3v) is 6.31. The number of fused-ring (bicyclic) bond motifs is 1. The number of hydrogen-bond acceptors (Lipinski definition) is 6. The number of morpholine rings is 1. The lowest BCUT2D eigenvalue weighted by atomic mass is 9.89. The fraction of sp³-hybridized carbons (Fsp3) is 0.481. The Labute approximate surface area is 211 Å². The number of alkyl carbamates (subject to hydrolysis) is 1. The molecule has 192 valence electrons. The van der Waals surface area contributed by atoms with Gasteiger partial charge in [-0.15, -0.1) is 0 Å². The summed E-state index contributed by atoms with van der Waals surface area (Å²) < 4.78 is 10.8. The smallest absolute Gasteiger partial charge is 0.408 e. The molecule has 0 aliphatic carbocycles. The average molecular weight is 495 g/mol. The van der Waals surface area contributed by atoms with Crippen molar-refractivity contribution < 1.29 is 23.9 Å². The number of ether oxygens (including phenoxy) is 2. The summed E-state index contributed by atoms with van der Waals surface area (Å²) in [5, 5.41) is 2.98. The number of nitrogens with one attached hydrogen (secondary N) is 1. The zero-order valence-electron chi connectivity index (χ0n) is 21.5. The van der Waals surface area contributed by atoms with Crippen LogP contribution in [0.2, 0.25) is 0 Å². The van der Waals surface area contributed by atoms with E-state index in [2.05, 4.69) is 10.3 Å². The average Bonchev–Trinajstić information content (AvgIpc) is 2.82. The third kappa shape index (κ3) is 5.67. The van der Waals surface area contributed by atoms with Crippen LogP contribution in [-0.2, 0) is 14.3 Å². The summed E-state index contributed by atoms with van der Waals surface area (Å²) in [5.41, 5.74) is 3.00. The van der Waals surface area contributed by atoms with Crippen molar-refractivity contribution in [3.63, 3.8) is 0 Å². The maximum absolute atomic E-state index is 12.8. The van der Waals surface area contributed by atoms with E-state index in [4.69, 9.17) is 9.47 Å². The number of aromatic nitrogens is 1. The number of nitrogens with zero attached hydrogens (tertiary/aromatic N) is 3. The number of anilines is 1. The minimum Gasteiger partial charge on any atom is -0.444 e. The van der Waals surface area contributed by atoms with Crippen molar-refractivity contribution in [2.75, 3.05) is 31.2 Å². The van der Waals surface area contributed by atoms with Crippen molar-refractivity contribution in [2.45, 2.75) is 58.7 Å². The minimum atomic E-state index is -0.620. The number of benzene rings is 1. The molecule has 3 amide bonds. The number of amides is 3. The Morgan fingerprint density at radius 1 is 1.11 bits per heavy atom. The molecular formula is C27H34N4O5. The van der Waals surface area contributed by atoms with Crippen LogP contribution in [0.3, 0.4) is 0 Å². The van der Waals surface area contributed by atoms with E-state index in [-0.39, 0.29) is 23.9 Å². The molecule has 1 aromatic heterocycles. The summed E-state index contributed by atoms with van der Waals surface area (Å²) in [6, 6.07) is 8.92. The van der Waals surface area contributed by atoms with Gasteiger partial charge in [0, 0.05) is 43.5 Å². The van der Waals surface area contributed by atoms with Crippen LogP contribution in [0.25, 0.3) is 11.3 Å². The molecule has 0 bridgehead atoms. The van der Waals surface area contributed by atoms with E-state index in [1.165, 1.54) is 0 Å². The molecule has 9 heteroatoms. The van der Waals surface area contributed by atoms with Crippen LogP contribution in [0, 0.1) is 0 Å². The van der Waals surface area contributed by atoms with Gasteiger partial charge in [0.1, 0.15) is 5.60 Å². The molecule has 1 N–H and O–H groups in total. The quantitative estimate of drug-likeness (QED) is 0.694. The summed E-state index contributed by atoms with van der Waals surface area (Å²) in [5.74, 6) is -0.119. The van der Waals surface area contributed by atoms with Gasteiger partial charge < -0.3 is 24.6 Å². The highest BCUT2D eigenvalue weighted by Gasteiger charge is 2.34. The molecule has 2 aliphatic heterocycles. The van der Waals surface area contributed by atoms with Crippen molar-refractivity contribution >= 4 is 23.6 Å². The highest BCUT2D eigenvalue weighted by Crippen LogP contribution is 2.39. The van der Waals surface area contributed by atoms with E-state index >= 15 is 0 Å². The van der Waals surface area contributed by atoms with Gasteiger partial charge in [-0.25, -0.2) is 4.79 Å². The molecule has 9 nitrogen and oxygen atoms in total. The Bertz CT molecular complexity index is 1140. The Balaban J connectivity index is 1.62. The van der Waals surface area contributed by atoms with Crippen molar-refractivity contribution in [1.29, 1.82) is 0 Å². The van der Waals surface area contributed by atoms with Gasteiger partial charge in [-0.3, -0.25) is 14.6 Å². The van der Waals surface area contributed by atoms with Crippen LogP contribution in [0.4, 0.5) is 10.5 Å². The second kappa shape index (κ2) is 10.3. The Morgan fingerprint density at radius 2 is 1.83 bits per heavy atom. The summed E-state index contributed by atoms with van der Waals surface area (Å²) in [6.07, 6.45) is 1.64. The molecule has 2 unspecified atom stereocenters. The molecule has 1 saturated heterocycles. The first-order valence-corrected chi connectivity index (χ1v) is 12.3. The predicted molar refractivity (Wildman–Crippen MR) is 136 cm³/mol. The molecule has 4 rings (SSSR count). The number of hydrogen-bond donors (Lipinski definition) is 1. The van der Waals surface area contributed by atoms with Crippen LogP contribution in [0.5, 0.6) is 0 Å². The molecule has 36 heavy (non-hydrogen) atoms. The van der Waals surface area contributed by atoms with Crippen molar-refractivity contribution in [2.24, 2.45) is 0 Å². The predicted octanol–water partition coefficient (Wildman–Crippen LogP) is 3.93.